The molecule has 1 amide bonds. The van der Waals surface area contributed by atoms with E-state index >= 15 is 0 Å². The van der Waals surface area contributed by atoms with Gasteiger partial charge in [0.1, 0.15) is 0 Å². The average molecular weight is 407 g/mol. The normalized spacial score (nSPS) is 21.3. The molecule has 30 heavy (non-hydrogen) atoms. The first-order chi connectivity index (χ1) is 14.6. The van der Waals surface area contributed by atoms with Gasteiger partial charge in [0.05, 0.1) is 0 Å². The van der Waals surface area contributed by atoms with Gasteiger partial charge in [-0.15, -0.1) is 0 Å². The molecule has 2 aromatic rings. The predicted octanol–water partition coefficient (Wildman–Crippen LogP) is 3.39. The zero-order valence-corrected chi connectivity index (χ0v) is 18.4. The van der Waals surface area contributed by atoms with Crippen LogP contribution in [-0.4, -0.2) is 45.8 Å². The standard InChI is InChI=1S/C25H34N4O/c1-17(2)16-29-23-10-9-20(26-21-13-18-7-3-4-8-19(18)14-21)15-22(23)24(27-29)25(30)28-11-5-6-12-28/h3-4,7-8,17,20-21,26H,5-6,9-16H2,1-2H3. The second-order valence-electron chi connectivity index (χ2n) is 9.83. The Balaban J connectivity index is 1.35. The lowest BCUT2D eigenvalue weighted by Crippen LogP contribution is -2.42. The van der Waals surface area contributed by atoms with Crippen molar-refractivity contribution in [3.05, 3.63) is 52.3 Å². The first-order valence-electron chi connectivity index (χ1n) is 11.8. The molecule has 0 bridgehead atoms. The highest BCUT2D eigenvalue weighted by molar-refractivity contribution is 5.94. The Morgan fingerprint density at radius 3 is 2.47 bits per heavy atom. The van der Waals surface area contributed by atoms with Gasteiger partial charge in [0.2, 0.25) is 0 Å². The van der Waals surface area contributed by atoms with Crippen molar-refractivity contribution in [1.29, 1.82) is 0 Å². The highest BCUT2D eigenvalue weighted by Crippen LogP contribution is 2.29. The van der Waals surface area contributed by atoms with Gasteiger partial charge in [0.15, 0.2) is 5.69 Å². The van der Waals surface area contributed by atoms with Crippen LogP contribution in [0.1, 0.15) is 66.0 Å². The quantitative estimate of drug-likeness (QED) is 0.828. The Kier molecular flexibility index (Phi) is 5.40. The van der Waals surface area contributed by atoms with Gasteiger partial charge < -0.3 is 10.2 Å². The van der Waals surface area contributed by atoms with Crippen LogP contribution in [0.5, 0.6) is 0 Å². The van der Waals surface area contributed by atoms with Crippen molar-refractivity contribution in [3.8, 4) is 0 Å². The molecule has 1 N–H and O–H groups in total. The van der Waals surface area contributed by atoms with Crippen LogP contribution >= 0.6 is 0 Å². The molecule has 0 spiro atoms. The maximum atomic E-state index is 13.2. The smallest absolute Gasteiger partial charge is 0.274 e. The number of nitrogens with zero attached hydrogens (tertiary/aromatic N) is 3. The summed E-state index contributed by atoms with van der Waals surface area (Å²) in [6.45, 7) is 7.10. The number of hydrogen-bond acceptors (Lipinski definition) is 3. The summed E-state index contributed by atoms with van der Waals surface area (Å²) in [5.41, 5.74) is 6.22. The lowest BCUT2D eigenvalue weighted by molar-refractivity contribution is 0.0784. The van der Waals surface area contributed by atoms with Crippen LogP contribution in [0.2, 0.25) is 0 Å². The molecule has 0 radical (unpaired) electrons. The van der Waals surface area contributed by atoms with E-state index in [0.717, 1.165) is 70.3 Å². The van der Waals surface area contributed by atoms with Crippen LogP contribution in [0, 0.1) is 5.92 Å². The number of nitrogens with one attached hydrogen (secondary N) is 1. The number of carbonyl (C=O) groups is 1. The maximum absolute atomic E-state index is 13.2. The van der Waals surface area contributed by atoms with Gasteiger partial charge in [-0.25, -0.2) is 0 Å². The molecule has 1 unspecified atom stereocenters. The van der Waals surface area contributed by atoms with Gasteiger partial charge in [-0.3, -0.25) is 9.48 Å². The summed E-state index contributed by atoms with van der Waals surface area (Å²) in [5.74, 6) is 0.678. The SMILES string of the molecule is CC(C)Cn1nc(C(=O)N2CCCC2)c2c1CCC(NC1Cc3ccccc3C1)C2. The molecule has 2 aliphatic carbocycles. The van der Waals surface area contributed by atoms with Crippen LogP contribution in [-0.2, 0) is 32.2 Å². The molecular weight excluding hydrogens is 372 g/mol. The molecule has 160 valence electrons. The highest BCUT2D eigenvalue weighted by Gasteiger charge is 2.33. The summed E-state index contributed by atoms with van der Waals surface area (Å²) in [5, 5.41) is 8.80. The molecular formula is C25H34N4O. The summed E-state index contributed by atoms with van der Waals surface area (Å²) in [4.78, 5) is 15.3. The van der Waals surface area contributed by atoms with E-state index in [-0.39, 0.29) is 5.91 Å². The average Bonchev–Trinajstić information content (AvgIpc) is 3.45. The largest absolute Gasteiger partial charge is 0.337 e. The number of likely N-dealkylation sites (tertiary alicyclic amines) is 1. The van der Waals surface area contributed by atoms with Crippen molar-refractivity contribution < 1.29 is 4.79 Å². The van der Waals surface area contributed by atoms with Gasteiger partial charge >= 0.3 is 0 Å². The second-order valence-corrected chi connectivity index (χ2v) is 9.83. The van der Waals surface area contributed by atoms with E-state index in [1.54, 1.807) is 0 Å². The molecule has 1 aliphatic heterocycles. The van der Waals surface area contributed by atoms with Crippen LogP contribution < -0.4 is 5.32 Å². The van der Waals surface area contributed by atoms with Crippen LogP contribution in [0.3, 0.4) is 0 Å². The number of hydrogen-bond donors (Lipinski definition) is 1. The number of fused-ring (bicyclic) bond motifs is 2. The molecule has 1 atom stereocenters. The molecule has 1 aromatic carbocycles. The third kappa shape index (κ3) is 3.80. The number of aromatic nitrogens is 2. The second kappa shape index (κ2) is 8.18. The molecule has 1 aromatic heterocycles. The lowest BCUT2D eigenvalue weighted by atomic mass is 9.90. The van der Waals surface area contributed by atoms with Gasteiger partial charge in [0, 0.05) is 43.0 Å². The van der Waals surface area contributed by atoms with E-state index < -0.39 is 0 Å². The van der Waals surface area contributed by atoms with Crippen LogP contribution in [0.25, 0.3) is 0 Å². The van der Waals surface area contributed by atoms with Gasteiger partial charge in [0.25, 0.3) is 5.91 Å². The third-order valence-corrected chi connectivity index (χ3v) is 7.00. The van der Waals surface area contributed by atoms with Gasteiger partial charge in [-0.2, -0.15) is 5.10 Å². The molecule has 2 heterocycles. The summed E-state index contributed by atoms with van der Waals surface area (Å²) in [6, 6.07) is 9.76. The monoisotopic (exact) mass is 406 g/mol. The van der Waals surface area contributed by atoms with Crippen LogP contribution in [0.15, 0.2) is 24.3 Å². The predicted molar refractivity (Wildman–Crippen MR) is 119 cm³/mol. The molecule has 5 heteroatoms. The number of benzene rings is 1. The van der Waals surface area contributed by atoms with E-state index in [1.807, 2.05) is 4.90 Å². The Morgan fingerprint density at radius 1 is 1.10 bits per heavy atom. The molecule has 1 fully saturated rings. The van der Waals surface area contributed by atoms with E-state index in [1.165, 1.54) is 22.4 Å². The van der Waals surface area contributed by atoms with Crippen molar-refractivity contribution in [2.45, 2.75) is 77.4 Å². The van der Waals surface area contributed by atoms with E-state index in [9.17, 15) is 4.79 Å². The number of amides is 1. The number of carbonyl (C=O) groups excluding carboxylic acids is 1. The fourth-order valence-corrected chi connectivity index (χ4v) is 5.58. The van der Waals surface area contributed by atoms with Crippen molar-refractivity contribution in [2.24, 2.45) is 5.92 Å². The first kappa shape index (κ1) is 19.8. The summed E-state index contributed by atoms with van der Waals surface area (Å²) in [7, 11) is 0. The van der Waals surface area contributed by atoms with E-state index in [2.05, 4.69) is 48.1 Å². The molecule has 1 saturated heterocycles. The fourth-order valence-electron chi connectivity index (χ4n) is 5.58. The van der Waals surface area contributed by atoms with Gasteiger partial charge in [-0.1, -0.05) is 38.1 Å². The summed E-state index contributed by atoms with van der Waals surface area (Å²) < 4.78 is 2.14. The Hall–Kier alpha value is -2.14. The van der Waals surface area contributed by atoms with Crippen LogP contribution in [0.4, 0.5) is 0 Å². The third-order valence-electron chi connectivity index (χ3n) is 7.00. The van der Waals surface area contributed by atoms with Crippen molar-refractivity contribution >= 4 is 5.91 Å². The zero-order chi connectivity index (χ0) is 20.7. The lowest BCUT2D eigenvalue weighted by Gasteiger charge is -2.28. The van der Waals surface area contributed by atoms with E-state index in [4.69, 9.17) is 5.10 Å². The Bertz CT molecular complexity index is 900. The van der Waals surface area contributed by atoms with Crippen molar-refractivity contribution in [1.82, 2.24) is 20.0 Å². The Labute approximate surface area is 179 Å². The van der Waals surface area contributed by atoms with Gasteiger partial charge in [-0.05, 0) is 62.0 Å². The summed E-state index contributed by atoms with van der Waals surface area (Å²) >= 11 is 0. The highest BCUT2D eigenvalue weighted by atomic mass is 16.2. The zero-order valence-electron chi connectivity index (χ0n) is 18.4. The van der Waals surface area contributed by atoms with Crippen molar-refractivity contribution in [2.75, 3.05) is 13.1 Å². The van der Waals surface area contributed by atoms with E-state index in [0.29, 0.717) is 18.0 Å². The molecule has 5 nitrogen and oxygen atoms in total. The minimum absolute atomic E-state index is 0.153. The minimum Gasteiger partial charge on any atom is -0.337 e. The number of rotatable bonds is 5. The maximum Gasteiger partial charge on any atom is 0.274 e. The Morgan fingerprint density at radius 2 is 1.80 bits per heavy atom. The molecule has 5 rings (SSSR count). The molecule has 3 aliphatic rings. The fraction of sp³-hybridized carbons (Fsp3) is 0.600. The molecule has 0 saturated carbocycles. The minimum atomic E-state index is 0.153. The first-order valence-corrected chi connectivity index (χ1v) is 11.8. The summed E-state index contributed by atoms with van der Waals surface area (Å²) in [6.07, 6.45) is 7.54. The van der Waals surface area contributed by atoms with Crippen molar-refractivity contribution in [3.63, 3.8) is 0 Å². The topological polar surface area (TPSA) is 50.2 Å².